The van der Waals surface area contributed by atoms with Gasteiger partial charge >= 0.3 is 0 Å². The topological polar surface area (TPSA) is 71.4 Å². The molecule has 0 fully saturated rings. The summed E-state index contributed by atoms with van der Waals surface area (Å²) in [5, 5.41) is 8.82. The molecule has 0 atom stereocenters. The molecule has 134 valence electrons. The first-order valence-corrected chi connectivity index (χ1v) is 8.07. The van der Waals surface area contributed by atoms with Crippen molar-refractivity contribution in [2.24, 2.45) is 10.7 Å². The number of nitriles is 1. The minimum atomic E-state index is -0.921. The van der Waals surface area contributed by atoms with Crippen LogP contribution in [0.2, 0.25) is 0 Å². The van der Waals surface area contributed by atoms with E-state index in [1.807, 2.05) is 6.07 Å². The Hall–Kier alpha value is -3.72. The highest BCUT2D eigenvalue weighted by atomic mass is 19.2. The van der Waals surface area contributed by atoms with E-state index >= 15 is 0 Å². The van der Waals surface area contributed by atoms with E-state index in [2.05, 4.69) is 4.99 Å². The summed E-state index contributed by atoms with van der Waals surface area (Å²) < 4.78 is 32.5. The molecule has 0 saturated carbocycles. The molecular weight excluding hydrogens is 348 g/mol. The monoisotopic (exact) mass is 363 g/mol. The van der Waals surface area contributed by atoms with Gasteiger partial charge in [-0.05, 0) is 42.5 Å². The molecule has 2 N–H and O–H groups in total. The Bertz CT molecular complexity index is 1020. The summed E-state index contributed by atoms with van der Waals surface area (Å²) in [5.74, 6) is -1.12. The van der Waals surface area contributed by atoms with Crippen LogP contribution in [0.1, 0.15) is 16.7 Å². The molecule has 0 radical (unpaired) electrons. The summed E-state index contributed by atoms with van der Waals surface area (Å²) in [4.78, 5) is 4.31. The van der Waals surface area contributed by atoms with Crippen LogP contribution in [-0.2, 0) is 6.61 Å². The minimum Gasteiger partial charge on any atom is -0.489 e. The van der Waals surface area contributed by atoms with E-state index < -0.39 is 11.6 Å². The van der Waals surface area contributed by atoms with Crippen LogP contribution in [0.25, 0.3) is 0 Å². The highest BCUT2D eigenvalue weighted by molar-refractivity contribution is 5.99. The van der Waals surface area contributed by atoms with Gasteiger partial charge in [0.05, 0.1) is 17.3 Å². The van der Waals surface area contributed by atoms with Gasteiger partial charge < -0.3 is 10.5 Å². The number of rotatable bonds is 5. The lowest BCUT2D eigenvalue weighted by molar-refractivity contribution is 0.297. The van der Waals surface area contributed by atoms with Crippen molar-refractivity contribution in [1.82, 2.24) is 0 Å². The quantitative estimate of drug-likeness (QED) is 0.538. The molecule has 0 aromatic heterocycles. The van der Waals surface area contributed by atoms with Crippen molar-refractivity contribution in [3.05, 3.63) is 95.1 Å². The normalized spacial score (nSPS) is 11.1. The number of hydrogen-bond acceptors (Lipinski definition) is 3. The number of nitrogens with two attached hydrogens (primary N) is 1. The van der Waals surface area contributed by atoms with Crippen molar-refractivity contribution in [2.75, 3.05) is 0 Å². The second-order valence-corrected chi connectivity index (χ2v) is 5.69. The van der Waals surface area contributed by atoms with Crippen LogP contribution in [0.15, 0.2) is 71.7 Å². The Morgan fingerprint density at radius 3 is 2.52 bits per heavy atom. The smallest absolute Gasteiger partial charge is 0.165 e. The Morgan fingerprint density at radius 2 is 1.78 bits per heavy atom. The Morgan fingerprint density at radius 1 is 1.04 bits per heavy atom. The Balaban J connectivity index is 1.75. The summed E-state index contributed by atoms with van der Waals surface area (Å²) in [6, 6.07) is 19.5. The number of hydrogen-bond donors (Lipinski definition) is 1. The number of aliphatic imine (C=N–C) groups is 1. The summed E-state index contributed by atoms with van der Waals surface area (Å²) in [7, 11) is 0. The van der Waals surface area contributed by atoms with E-state index in [1.54, 1.807) is 48.5 Å². The van der Waals surface area contributed by atoms with Crippen molar-refractivity contribution >= 4 is 11.5 Å². The van der Waals surface area contributed by atoms with Crippen LogP contribution < -0.4 is 10.5 Å². The molecule has 0 aliphatic carbocycles. The van der Waals surface area contributed by atoms with Gasteiger partial charge in [-0.15, -0.1) is 0 Å². The van der Waals surface area contributed by atoms with Crippen molar-refractivity contribution in [3.63, 3.8) is 0 Å². The first-order chi connectivity index (χ1) is 13.1. The second-order valence-electron chi connectivity index (χ2n) is 5.69. The Labute approximate surface area is 155 Å². The van der Waals surface area contributed by atoms with Gasteiger partial charge in [-0.2, -0.15) is 5.26 Å². The molecule has 0 unspecified atom stereocenters. The zero-order chi connectivity index (χ0) is 19.2. The van der Waals surface area contributed by atoms with E-state index in [0.29, 0.717) is 22.6 Å². The van der Waals surface area contributed by atoms with Crippen LogP contribution in [-0.4, -0.2) is 5.84 Å². The fourth-order valence-electron chi connectivity index (χ4n) is 2.38. The highest BCUT2D eigenvalue weighted by Gasteiger charge is 2.08. The lowest BCUT2D eigenvalue weighted by Crippen LogP contribution is -2.12. The minimum absolute atomic E-state index is 0.111. The maximum absolute atomic E-state index is 13.7. The van der Waals surface area contributed by atoms with Gasteiger partial charge in [0, 0.05) is 11.1 Å². The van der Waals surface area contributed by atoms with Crippen molar-refractivity contribution in [3.8, 4) is 11.8 Å². The summed E-state index contributed by atoms with van der Waals surface area (Å²) in [6.07, 6.45) is 0. The Kier molecular flexibility index (Phi) is 5.43. The first kappa shape index (κ1) is 18.1. The highest BCUT2D eigenvalue weighted by Crippen LogP contribution is 2.19. The summed E-state index contributed by atoms with van der Waals surface area (Å²) in [6.45, 7) is -0.111. The SMILES string of the molecule is N#Cc1ccc(N=C(N)c2cccc(OCc3cccc(F)c3F)c2)cc1. The van der Waals surface area contributed by atoms with Crippen LogP contribution in [0.5, 0.6) is 5.75 Å². The molecule has 3 aromatic rings. The average molecular weight is 363 g/mol. The van der Waals surface area contributed by atoms with Gasteiger partial charge in [-0.1, -0.05) is 24.3 Å². The molecule has 0 spiro atoms. The summed E-state index contributed by atoms with van der Waals surface area (Å²) >= 11 is 0. The maximum atomic E-state index is 13.7. The van der Waals surface area contributed by atoms with Crippen LogP contribution >= 0.6 is 0 Å². The van der Waals surface area contributed by atoms with E-state index in [1.165, 1.54) is 12.1 Å². The zero-order valence-corrected chi connectivity index (χ0v) is 14.2. The number of nitrogens with zero attached hydrogens (tertiary/aromatic N) is 2. The fourth-order valence-corrected chi connectivity index (χ4v) is 2.38. The molecule has 4 nitrogen and oxygen atoms in total. The number of benzene rings is 3. The van der Waals surface area contributed by atoms with Gasteiger partial charge in [-0.25, -0.2) is 13.8 Å². The van der Waals surface area contributed by atoms with Gasteiger partial charge in [0.2, 0.25) is 0 Å². The average Bonchev–Trinajstić information content (AvgIpc) is 2.70. The molecule has 27 heavy (non-hydrogen) atoms. The molecule has 0 amide bonds. The number of amidine groups is 1. The molecule has 0 heterocycles. The largest absolute Gasteiger partial charge is 0.489 e. The first-order valence-electron chi connectivity index (χ1n) is 8.07. The van der Waals surface area contributed by atoms with Gasteiger partial charge in [-0.3, -0.25) is 0 Å². The summed E-state index contributed by atoms with van der Waals surface area (Å²) in [5.41, 5.74) is 7.93. The lowest BCUT2D eigenvalue weighted by Gasteiger charge is -2.09. The van der Waals surface area contributed by atoms with E-state index in [9.17, 15) is 8.78 Å². The van der Waals surface area contributed by atoms with E-state index in [-0.39, 0.29) is 18.0 Å². The molecule has 3 aromatic carbocycles. The van der Waals surface area contributed by atoms with Crippen LogP contribution in [0, 0.1) is 23.0 Å². The molecule has 0 aliphatic heterocycles. The van der Waals surface area contributed by atoms with Gasteiger partial charge in [0.15, 0.2) is 11.6 Å². The predicted octanol–water partition coefficient (Wildman–Crippen LogP) is 4.45. The van der Waals surface area contributed by atoms with Crippen molar-refractivity contribution in [1.29, 1.82) is 5.26 Å². The van der Waals surface area contributed by atoms with Crippen molar-refractivity contribution < 1.29 is 13.5 Å². The van der Waals surface area contributed by atoms with E-state index in [0.717, 1.165) is 6.07 Å². The van der Waals surface area contributed by atoms with E-state index in [4.69, 9.17) is 15.7 Å². The fraction of sp³-hybridized carbons (Fsp3) is 0.0476. The van der Waals surface area contributed by atoms with Crippen molar-refractivity contribution in [2.45, 2.75) is 6.61 Å². The maximum Gasteiger partial charge on any atom is 0.165 e. The molecule has 0 bridgehead atoms. The lowest BCUT2D eigenvalue weighted by atomic mass is 10.2. The zero-order valence-electron chi connectivity index (χ0n) is 14.2. The number of ether oxygens (including phenoxy) is 1. The van der Waals surface area contributed by atoms with Gasteiger partial charge in [0.25, 0.3) is 0 Å². The third-order valence-electron chi connectivity index (χ3n) is 3.80. The van der Waals surface area contributed by atoms with Crippen LogP contribution in [0.3, 0.4) is 0 Å². The third-order valence-corrected chi connectivity index (χ3v) is 3.80. The second kappa shape index (κ2) is 8.11. The molecular formula is C21H15F2N3O. The number of halogens is 2. The molecule has 0 aliphatic rings. The standard InChI is InChI=1S/C21H15F2N3O/c22-19-6-2-4-16(20(19)23)13-27-18-5-1-3-15(11-18)21(25)26-17-9-7-14(12-24)8-10-17/h1-11H,13H2,(H2,25,26). The molecule has 0 saturated heterocycles. The van der Waals surface area contributed by atoms with Crippen LogP contribution in [0.4, 0.5) is 14.5 Å². The molecule has 3 rings (SSSR count). The third kappa shape index (κ3) is 4.47. The molecule has 6 heteroatoms. The predicted molar refractivity (Wildman–Crippen MR) is 98.7 cm³/mol. The van der Waals surface area contributed by atoms with Gasteiger partial charge in [0.1, 0.15) is 18.2 Å².